The summed E-state index contributed by atoms with van der Waals surface area (Å²) in [5.74, 6) is 0. The summed E-state index contributed by atoms with van der Waals surface area (Å²) < 4.78 is 1.77. The largest absolute Gasteiger partial charge is 0.394 e. The zero-order valence-corrected chi connectivity index (χ0v) is 7.57. The Balaban J connectivity index is 2.49. The molecule has 68 valence electrons. The predicted octanol–water partition coefficient (Wildman–Crippen LogP) is 1.34. The molecule has 0 radical (unpaired) electrons. The summed E-state index contributed by atoms with van der Waals surface area (Å²) in [5.41, 5.74) is 2.22. The number of hydrogen-bond acceptors (Lipinski definition) is 2. The van der Waals surface area contributed by atoms with Gasteiger partial charge in [-0.1, -0.05) is 11.6 Å². The monoisotopic (exact) mass is 176 g/mol. The van der Waals surface area contributed by atoms with Crippen LogP contribution in [0.4, 0.5) is 0 Å². The molecule has 0 aliphatic carbocycles. The van der Waals surface area contributed by atoms with Gasteiger partial charge in [0.25, 0.3) is 0 Å². The van der Waals surface area contributed by atoms with Gasteiger partial charge in [-0.25, -0.2) is 0 Å². The molecule has 1 N–H and O–H groups in total. The van der Waals surface area contributed by atoms with Crippen molar-refractivity contribution in [3.8, 4) is 0 Å². The summed E-state index contributed by atoms with van der Waals surface area (Å²) in [5, 5.41) is 14.2. The van der Waals surface area contributed by atoms with E-state index in [1.54, 1.807) is 4.68 Å². The van der Waals surface area contributed by atoms with Gasteiger partial charge in [-0.15, -0.1) is 0 Å². The Kier molecular flexibility index (Phi) is 2.02. The molecule has 0 aliphatic heterocycles. The quantitative estimate of drug-likeness (QED) is 0.749. The van der Waals surface area contributed by atoms with E-state index in [-0.39, 0.29) is 6.61 Å². The lowest BCUT2D eigenvalue weighted by Gasteiger charge is -1.92. The Morgan fingerprint density at radius 3 is 3.08 bits per heavy atom. The van der Waals surface area contributed by atoms with Crippen molar-refractivity contribution in [3.05, 3.63) is 30.0 Å². The molecule has 0 unspecified atom stereocenters. The fraction of sp³-hybridized carbons (Fsp3) is 0.300. The van der Waals surface area contributed by atoms with Crippen molar-refractivity contribution in [2.75, 3.05) is 6.61 Å². The van der Waals surface area contributed by atoms with Crippen LogP contribution in [0.5, 0.6) is 0 Å². The topological polar surface area (TPSA) is 38.0 Å². The average molecular weight is 176 g/mol. The van der Waals surface area contributed by atoms with Crippen molar-refractivity contribution < 1.29 is 5.11 Å². The van der Waals surface area contributed by atoms with E-state index in [1.807, 2.05) is 18.3 Å². The van der Waals surface area contributed by atoms with E-state index in [0.717, 1.165) is 10.9 Å². The fourth-order valence-electron chi connectivity index (χ4n) is 1.41. The van der Waals surface area contributed by atoms with Gasteiger partial charge in [0.1, 0.15) is 0 Å². The highest BCUT2D eigenvalue weighted by atomic mass is 16.3. The molecule has 0 fully saturated rings. The van der Waals surface area contributed by atoms with E-state index >= 15 is 0 Å². The van der Waals surface area contributed by atoms with Crippen LogP contribution < -0.4 is 0 Å². The smallest absolute Gasteiger partial charge is 0.0923 e. The normalized spacial score (nSPS) is 10.9. The van der Waals surface area contributed by atoms with E-state index in [4.69, 9.17) is 5.11 Å². The lowest BCUT2D eigenvalue weighted by atomic mass is 10.2. The van der Waals surface area contributed by atoms with Gasteiger partial charge in [-0.2, -0.15) is 5.10 Å². The van der Waals surface area contributed by atoms with Gasteiger partial charge in [0.2, 0.25) is 0 Å². The van der Waals surface area contributed by atoms with Crippen LogP contribution >= 0.6 is 0 Å². The maximum atomic E-state index is 8.74. The van der Waals surface area contributed by atoms with Crippen molar-refractivity contribution in [2.24, 2.45) is 0 Å². The number of hydrogen-bond donors (Lipinski definition) is 1. The van der Waals surface area contributed by atoms with Crippen molar-refractivity contribution in [1.29, 1.82) is 0 Å². The van der Waals surface area contributed by atoms with Gasteiger partial charge < -0.3 is 5.11 Å². The Bertz CT molecular complexity index is 420. The lowest BCUT2D eigenvalue weighted by Crippen LogP contribution is -2.01. The molecule has 13 heavy (non-hydrogen) atoms. The zero-order chi connectivity index (χ0) is 9.26. The fourth-order valence-corrected chi connectivity index (χ4v) is 1.41. The number of benzene rings is 1. The molecule has 2 rings (SSSR count). The minimum atomic E-state index is 0.132. The molecule has 3 nitrogen and oxygen atoms in total. The van der Waals surface area contributed by atoms with Gasteiger partial charge >= 0.3 is 0 Å². The third-order valence-corrected chi connectivity index (χ3v) is 2.04. The molecule has 0 saturated heterocycles. The van der Waals surface area contributed by atoms with Crippen LogP contribution in [-0.4, -0.2) is 21.5 Å². The van der Waals surface area contributed by atoms with Crippen LogP contribution in [-0.2, 0) is 6.54 Å². The first-order chi connectivity index (χ1) is 6.29. The number of aliphatic hydroxyl groups excluding tert-OH is 1. The van der Waals surface area contributed by atoms with Crippen LogP contribution in [0.2, 0.25) is 0 Å². The summed E-state index contributed by atoms with van der Waals surface area (Å²) >= 11 is 0. The molecular weight excluding hydrogens is 164 g/mol. The van der Waals surface area contributed by atoms with E-state index in [9.17, 15) is 0 Å². The van der Waals surface area contributed by atoms with E-state index < -0.39 is 0 Å². The maximum Gasteiger partial charge on any atom is 0.0923 e. The summed E-state index contributed by atoms with van der Waals surface area (Å²) in [4.78, 5) is 0. The third-order valence-electron chi connectivity index (χ3n) is 2.04. The Morgan fingerprint density at radius 2 is 2.31 bits per heavy atom. The Morgan fingerprint density at radius 1 is 1.46 bits per heavy atom. The summed E-state index contributed by atoms with van der Waals surface area (Å²) in [6.07, 6.45) is 1.96. The summed E-state index contributed by atoms with van der Waals surface area (Å²) in [7, 11) is 0. The molecule has 0 atom stereocenters. The molecule has 1 heterocycles. The molecule has 2 aromatic rings. The standard InChI is InChI=1S/C10H12N2O/c1-8-2-3-10-9(6-8)7-12(11-10)4-5-13/h2-3,6-7,13H,4-5H2,1H3. The number of nitrogens with zero attached hydrogens (tertiary/aromatic N) is 2. The second kappa shape index (κ2) is 3.18. The SMILES string of the molecule is Cc1ccc2nn(CCO)cc2c1. The molecule has 0 spiro atoms. The van der Waals surface area contributed by atoms with Gasteiger partial charge in [0, 0.05) is 11.6 Å². The van der Waals surface area contributed by atoms with Crippen LogP contribution in [0.15, 0.2) is 24.4 Å². The highest BCUT2D eigenvalue weighted by Gasteiger charge is 1.99. The lowest BCUT2D eigenvalue weighted by molar-refractivity contribution is 0.270. The van der Waals surface area contributed by atoms with Crippen LogP contribution in [0.25, 0.3) is 10.9 Å². The van der Waals surface area contributed by atoms with Gasteiger partial charge in [-0.3, -0.25) is 4.68 Å². The van der Waals surface area contributed by atoms with Crippen molar-refractivity contribution in [1.82, 2.24) is 9.78 Å². The molecule has 1 aromatic heterocycles. The second-order valence-electron chi connectivity index (χ2n) is 3.18. The molecular formula is C10H12N2O. The van der Waals surface area contributed by atoms with Crippen LogP contribution in [0.1, 0.15) is 5.56 Å². The Labute approximate surface area is 76.6 Å². The summed E-state index contributed by atoms with van der Waals surface area (Å²) in [6, 6.07) is 6.13. The first-order valence-electron chi connectivity index (χ1n) is 4.34. The number of aryl methyl sites for hydroxylation is 1. The van der Waals surface area contributed by atoms with Crippen molar-refractivity contribution >= 4 is 10.9 Å². The van der Waals surface area contributed by atoms with Crippen LogP contribution in [0, 0.1) is 6.92 Å². The Hall–Kier alpha value is -1.35. The molecule has 0 amide bonds. The molecule has 0 saturated carbocycles. The second-order valence-corrected chi connectivity index (χ2v) is 3.18. The predicted molar refractivity (Wildman–Crippen MR) is 51.6 cm³/mol. The average Bonchev–Trinajstić information content (AvgIpc) is 2.46. The van der Waals surface area contributed by atoms with Crippen LogP contribution in [0.3, 0.4) is 0 Å². The first kappa shape index (κ1) is 8.26. The molecule has 0 aliphatic rings. The van der Waals surface area contributed by atoms with Crippen molar-refractivity contribution in [3.63, 3.8) is 0 Å². The molecule has 0 bridgehead atoms. The van der Waals surface area contributed by atoms with Gasteiger partial charge in [0.05, 0.1) is 18.7 Å². The summed E-state index contributed by atoms with van der Waals surface area (Å²) in [6.45, 7) is 2.75. The maximum absolute atomic E-state index is 8.74. The molecule has 3 heteroatoms. The first-order valence-corrected chi connectivity index (χ1v) is 4.34. The van der Waals surface area contributed by atoms with E-state index in [2.05, 4.69) is 18.1 Å². The highest BCUT2D eigenvalue weighted by molar-refractivity contribution is 5.78. The number of aliphatic hydroxyl groups is 1. The van der Waals surface area contributed by atoms with Gasteiger partial charge in [-0.05, 0) is 19.1 Å². The van der Waals surface area contributed by atoms with Crippen molar-refractivity contribution in [2.45, 2.75) is 13.5 Å². The van der Waals surface area contributed by atoms with E-state index in [0.29, 0.717) is 6.54 Å². The van der Waals surface area contributed by atoms with Gasteiger partial charge in [0.15, 0.2) is 0 Å². The number of aromatic nitrogens is 2. The zero-order valence-electron chi connectivity index (χ0n) is 7.57. The third kappa shape index (κ3) is 1.55. The highest BCUT2D eigenvalue weighted by Crippen LogP contribution is 2.13. The number of rotatable bonds is 2. The minimum absolute atomic E-state index is 0.132. The molecule has 1 aromatic carbocycles. The number of fused-ring (bicyclic) bond motifs is 1. The minimum Gasteiger partial charge on any atom is -0.394 e. The van der Waals surface area contributed by atoms with E-state index in [1.165, 1.54) is 5.56 Å².